The van der Waals surface area contributed by atoms with Gasteiger partial charge in [-0.3, -0.25) is 9.80 Å². The Kier molecular flexibility index (Phi) is 5.09. The number of hydrogen-bond acceptors (Lipinski definition) is 4. The predicted molar refractivity (Wildman–Crippen MR) is 87.5 cm³/mol. The van der Waals surface area contributed by atoms with Crippen molar-refractivity contribution in [3.8, 4) is 0 Å². The zero-order chi connectivity index (χ0) is 14.5. The highest BCUT2D eigenvalue weighted by Gasteiger charge is 2.28. The minimum absolute atomic E-state index is 0.797. The summed E-state index contributed by atoms with van der Waals surface area (Å²) < 4.78 is 0. The summed E-state index contributed by atoms with van der Waals surface area (Å²) in [5, 5.41) is 3.33. The van der Waals surface area contributed by atoms with Gasteiger partial charge in [-0.15, -0.1) is 0 Å². The predicted octanol–water partition coefficient (Wildman–Crippen LogP) is 2.57. The minimum atomic E-state index is 0.797. The first-order valence-electron chi connectivity index (χ1n) is 8.50. The second-order valence-electron chi connectivity index (χ2n) is 6.40. The van der Waals surface area contributed by atoms with Crippen molar-refractivity contribution in [1.82, 2.24) is 14.8 Å². The van der Waals surface area contributed by atoms with Crippen molar-refractivity contribution >= 4 is 5.82 Å². The van der Waals surface area contributed by atoms with Crippen molar-refractivity contribution < 1.29 is 0 Å². The van der Waals surface area contributed by atoms with Crippen LogP contribution in [0, 0.1) is 0 Å². The lowest BCUT2D eigenvalue weighted by Crippen LogP contribution is -2.54. The first-order valence-corrected chi connectivity index (χ1v) is 8.50. The average Bonchev–Trinajstić information content (AvgIpc) is 2.54. The first-order chi connectivity index (χ1) is 10.3. The summed E-state index contributed by atoms with van der Waals surface area (Å²) in [4.78, 5) is 9.81. The summed E-state index contributed by atoms with van der Waals surface area (Å²) in [6, 6.07) is 5.13. The minimum Gasteiger partial charge on any atom is -0.370 e. The second kappa shape index (κ2) is 7.23. The van der Waals surface area contributed by atoms with Gasteiger partial charge in [0.25, 0.3) is 0 Å². The summed E-state index contributed by atoms with van der Waals surface area (Å²) in [5.41, 5.74) is 1.33. The van der Waals surface area contributed by atoms with Crippen molar-refractivity contribution in [3.63, 3.8) is 0 Å². The Labute approximate surface area is 128 Å². The summed E-state index contributed by atoms with van der Waals surface area (Å²) in [5.74, 6) is 0.998. The summed E-state index contributed by atoms with van der Waals surface area (Å²) in [7, 11) is 0. The van der Waals surface area contributed by atoms with Gasteiger partial charge < -0.3 is 5.32 Å². The van der Waals surface area contributed by atoms with Crippen LogP contribution in [0.1, 0.15) is 38.2 Å². The molecule has 3 rings (SSSR count). The number of piperidine rings is 1. The summed E-state index contributed by atoms with van der Waals surface area (Å²) >= 11 is 0. The highest BCUT2D eigenvalue weighted by molar-refractivity contribution is 5.35. The lowest BCUT2D eigenvalue weighted by atomic mass is 9.99. The molecule has 21 heavy (non-hydrogen) atoms. The molecule has 0 aromatic carbocycles. The molecule has 2 aliphatic heterocycles. The molecule has 0 spiro atoms. The van der Waals surface area contributed by atoms with Crippen LogP contribution in [0.25, 0.3) is 0 Å². The molecule has 1 unspecified atom stereocenters. The fraction of sp³-hybridized carbons (Fsp3) is 0.706. The SMILES string of the molecule is CCCNc1ccc(CN2CCN3CCCCC3C2)cn1. The van der Waals surface area contributed by atoms with Gasteiger partial charge in [-0.05, 0) is 37.4 Å². The lowest BCUT2D eigenvalue weighted by molar-refractivity contribution is 0.0456. The van der Waals surface area contributed by atoms with Gasteiger partial charge in [0.1, 0.15) is 5.82 Å². The Morgan fingerprint density at radius 2 is 2.19 bits per heavy atom. The first kappa shape index (κ1) is 14.8. The Morgan fingerprint density at radius 3 is 3.00 bits per heavy atom. The zero-order valence-corrected chi connectivity index (χ0v) is 13.2. The number of fused-ring (bicyclic) bond motifs is 1. The number of nitrogens with zero attached hydrogens (tertiary/aromatic N) is 3. The quantitative estimate of drug-likeness (QED) is 0.902. The average molecular weight is 288 g/mol. The smallest absolute Gasteiger partial charge is 0.125 e. The van der Waals surface area contributed by atoms with E-state index in [4.69, 9.17) is 0 Å². The molecule has 1 aromatic rings. The molecule has 2 saturated heterocycles. The molecule has 1 atom stereocenters. The molecular formula is C17H28N4. The van der Waals surface area contributed by atoms with E-state index in [9.17, 15) is 0 Å². The Balaban J connectivity index is 1.52. The normalized spacial score (nSPS) is 23.8. The van der Waals surface area contributed by atoms with Gasteiger partial charge in [-0.25, -0.2) is 4.98 Å². The van der Waals surface area contributed by atoms with E-state index in [1.807, 2.05) is 6.20 Å². The Morgan fingerprint density at radius 1 is 1.24 bits per heavy atom. The van der Waals surface area contributed by atoms with Gasteiger partial charge >= 0.3 is 0 Å². The van der Waals surface area contributed by atoms with Crippen LogP contribution in [0.4, 0.5) is 5.82 Å². The monoisotopic (exact) mass is 288 g/mol. The van der Waals surface area contributed by atoms with E-state index in [-0.39, 0.29) is 0 Å². The maximum absolute atomic E-state index is 4.51. The van der Waals surface area contributed by atoms with Gasteiger partial charge in [0.2, 0.25) is 0 Å². The van der Waals surface area contributed by atoms with Crippen LogP contribution in [0.15, 0.2) is 18.3 Å². The molecule has 0 amide bonds. The molecule has 3 heterocycles. The molecular weight excluding hydrogens is 260 g/mol. The largest absolute Gasteiger partial charge is 0.370 e. The van der Waals surface area contributed by atoms with Crippen molar-refractivity contribution in [1.29, 1.82) is 0 Å². The third kappa shape index (κ3) is 3.95. The van der Waals surface area contributed by atoms with E-state index in [2.05, 4.69) is 39.2 Å². The van der Waals surface area contributed by atoms with E-state index in [0.29, 0.717) is 0 Å². The van der Waals surface area contributed by atoms with Gasteiger partial charge in [0.05, 0.1) is 0 Å². The summed E-state index contributed by atoms with van der Waals surface area (Å²) in [6.45, 7) is 9.21. The Hall–Kier alpha value is -1.13. The van der Waals surface area contributed by atoms with Crippen LogP contribution in [0.2, 0.25) is 0 Å². The number of piperazine rings is 1. The number of pyridine rings is 1. The highest BCUT2D eigenvalue weighted by Crippen LogP contribution is 2.22. The molecule has 4 nitrogen and oxygen atoms in total. The van der Waals surface area contributed by atoms with Gasteiger partial charge in [0, 0.05) is 45.0 Å². The maximum Gasteiger partial charge on any atom is 0.125 e. The van der Waals surface area contributed by atoms with Crippen LogP contribution in [-0.2, 0) is 6.54 Å². The van der Waals surface area contributed by atoms with Crippen molar-refractivity contribution in [2.45, 2.75) is 45.2 Å². The molecule has 116 valence electrons. The van der Waals surface area contributed by atoms with E-state index < -0.39 is 0 Å². The molecule has 1 N–H and O–H groups in total. The van der Waals surface area contributed by atoms with E-state index in [1.165, 1.54) is 51.0 Å². The molecule has 2 fully saturated rings. The number of rotatable bonds is 5. The number of nitrogens with one attached hydrogen (secondary N) is 1. The molecule has 2 aliphatic rings. The Bertz CT molecular complexity index is 431. The lowest BCUT2D eigenvalue weighted by Gasteiger charge is -2.44. The fourth-order valence-electron chi connectivity index (χ4n) is 3.50. The van der Waals surface area contributed by atoms with Crippen molar-refractivity contribution in [2.24, 2.45) is 0 Å². The van der Waals surface area contributed by atoms with E-state index in [0.717, 1.165) is 31.4 Å². The number of hydrogen-bond donors (Lipinski definition) is 1. The van der Waals surface area contributed by atoms with Crippen LogP contribution in [0.5, 0.6) is 0 Å². The molecule has 0 aliphatic carbocycles. The zero-order valence-electron chi connectivity index (χ0n) is 13.2. The molecule has 0 radical (unpaired) electrons. The molecule has 0 saturated carbocycles. The van der Waals surface area contributed by atoms with Crippen LogP contribution in [0.3, 0.4) is 0 Å². The van der Waals surface area contributed by atoms with Crippen LogP contribution in [-0.4, -0.2) is 53.5 Å². The van der Waals surface area contributed by atoms with Gasteiger partial charge in [0.15, 0.2) is 0 Å². The third-order valence-electron chi connectivity index (χ3n) is 4.71. The molecule has 1 aromatic heterocycles. The summed E-state index contributed by atoms with van der Waals surface area (Å²) in [6.07, 6.45) is 7.36. The highest BCUT2D eigenvalue weighted by atomic mass is 15.3. The van der Waals surface area contributed by atoms with Crippen LogP contribution < -0.4 is 5.32 Å². The fourth-order valence-corrected chi connectivity index (χ4v) is 3.50. The maximum atomic E-state index is 4.51. The van der Waals surface area contributed by atoms with E-state index >= 15 is 0 Å². The van der Waals surface area contributed by atoms with Crippen molar-refractivity contribution in [2.75, 3.05) is 38.0 Å². The number of anilines is 1. The van der Waals surface area contributed by atoms with Gasteiger partial charge in [-0.2, -0.15) is 0 Å². The molecule has 4 heteroatoms. The molecule has 0 bridgehead atoms. The standard InChI is InChI=1S/C17H28N4/c1-2-8-18-17-7-6-15(12-19-17)13-20-10-11-21-9-4-3-5-16(21)14-20/h6-7,12,16H,2-5,8-11,13-14H2,1H3,(H,18,19). The second-order valence-corrected chi connectivity index (χ2v) is 6.40. The number of aromatic nitrogens is 1. The van der Waals surface area contributed by atoms with Gasteiger partial charge in [-0.1, -0.05) is 19.4 Å². The van der Waals surface area contributed by atoms with Crippen molar-refractivity contribution in [3.05, 3.63) is 23.9 Å². The third-order valence-corrected chi connectivity index (χ3v) is 4.71. The van der Waals surface area contributed by atoms with Crippen LogP contribution >= 0.6 is 0 Å². The van der Waals surface area contributed by atoms with E-state index in [1.54, 1.807) is 0 Å². The topological polar surface area (TPSA) is 31.4 Å².